The molecule has 1 aromatic rings. The first-order valence-corrected chi connectivity index (χ1v) is 5.85. The van der Waals surface area contributed by atoms with Gasteiger partial charge in [-0.1, -0.05) is 19.1 Å². The number of carbonyl (C=O) groups excluding carboxylic acids is 1. The first-order chi connectivity index (χ1) is 8.26. The van der Waals surface area contributed by atoms with Crippen LogP contribution in [0.15, 0.2) is 24.3 Å². The molecule has 1 rings (SSSR count). The third kappa shape index (κ3) is 5.36. The van der Waals surface area contributed by atoms with Crippen LogP contribution in [0.5, 0.6) is 5.75 Å². The highest BCUT2D eigenvalue weighted by atomic mass is 16.5. The van der Waals surface area contributed by atoms with Crippen LogP contribution in [0.25, 0.3) is 0 Å². The Morgan fingerprint density at radius 3 is 3.00 bits per heavy atom. The van der Waals surface area contributed by atoms with Gasteiger partial charge in [-0.25, -0.2) is 0 Å². The Bertz CT molecular complexity index is 352. The molecule has 4 heteroatoms. The van der Waals surface area contributed by atoms with E-state index < -0.39 is 0 Å². The molecule has 0 aliphatic heterocycles. The molecule has 0 aliphatic carbocycles. The molecule has 1 aromatic carbocycles. The molecule has 0 heterocycles. The van der Waals surface area contributed by atoms with Crippen LogP contribution in [0.2, 0.25) is 0 Å². The molecule has 1 amide bonds. The zero-order valence-electron chi connectivity index (χ0n) is 10.1. The van der Waals surface area contributed by atoms with Gasteiger partial charge in [0.15, 0.2) is 0 Å². The molecular weight excluding hydrogens is 218 g/mol. The predicted octanol–water partition coefficient (Wildman–Crippen LogP) is 1.13. The van der Waals surface area contributed by atoms with Gasteiger partial charge in [0.25, 0.3) is 0 Å². The van der Waals surface area contributed by atoms with E-state index in [2.05, 4.69) is 5.32 Å². The highest BCUT2D eigenvalue weighted by Crippen LogP contribution is 2.13. The second-order valence-electron chi connectivity index (χ2n) is 3.75. The number of aliphatic hydroxyl groups is 1. The summed E-state index contributed by atoms with van der Waals surface area (Å²) in [6.07, 6.45) is 1.27. The third-order valence-electron chi connectivity index (χ3n) is 2.17. The minimum Gasteiger partial charge on any atom is -0.494 e. The van der Waals surface area contributed by atoms with Crippen LogP contribution in [0.4, 0.5) is 0 Å². The number of carbonyl (C=O) groups is 1. The van der Waals surface area contributed by atoms with Gasteiger partial charge in [0.05, 0.1) is 19.6 Å². The van der Waals surface area contributed by atoms with Gasteiger partial charge in [0, 0.05) is 6.54 Å². The summed E-state index contributed by atoms with van der Waals surface area (Å²) in [7, 11) is 0. The smallest absolute Gasteiger partial charge is 0.224 e. The van der Waals surface area contributed by atoms with E-state index in [1.165, 1.54) is 0 Å². The zero-order chi connectivity index (χ0) is 12.5. The number of benzene rings is 1. The van der Waals surface area contributed by atoms with Crippen LogP contribution in [-0.2, 0) is 11.2 Å². The normalized spacial score (nSPS) is 10.0. The lowest BCUT2D eigenvalue weighted by Crippen LogP contribution is -2.27. The third-order valence-corrected chi connectivity index (χ3v) is 2.17. The molecule has 0 atom stereocenters. The van der Waals surface area contributed by atoms with Crippen LogP contribution in [0.3, 0.4) is 0 Å². The average molecular weight is 237 g/mol. The maximum atomic E-state index is 11.4. The molecular formula is C13H19NO3. The molecule has 0 aromatic heterocycles. The van der Waals surface area contributed by atoms with E-state index in [9.17, 15) is 4.79 Å². The van der Waals surface area contributed by atoms with Gasteiger partial charge in [0.2, 0.25) is 5.91 Å². The Balaban J connectivity index is 2.50. The minimum atomic E-state index is -0.0910. The van der Waals surface area contributed by atoms with Crippen molar-refractivity contribution in [1.82, 2.24) is 5.32 Å². The van der Waals surface area contributed by atoms with Gasteiger partial charge in [-0.15, -0.1) is 0 Å². The molecule has 0 saturated carbocycles. The van der Waals surface area contributed by atoms with Crippen molar-refractivity contribution in [3.05, 3.63) is 29.8 Å². The van der Waals surface area contributed by atoms with Crippen molar-refractivity contribution in [1.29, 1.82) is 0 Å². The van der Waals surface area contributed by atoms with Crippen molar-refractivity contribution in [2.45, 2.75) is 19.8 Å². The van der Waals surface area contributed by atoms with Crippen molar-refractivity contribution in [2.75, 3.05) is 19.8 Å². The van der Waals surface area contributed by atoms with E-state index in [-0.39, 0.29) is 12.5 Å². The van der Waals surface area contributed by atoms with E-state index in [4.69, 9.17) is 9.84 Å². The maximum absolute atomic E-state index is 11.4. The Labute approximate surface area is 102 Å². The van der Waals surface area contributed by atoms with Crippen molar-refractivity contribution < 1.29 is 14.6 Å². The summed E-state index contributed by atoms with van der Waals surface area (Å²) in [6.45, 7) is 2.99. The first kappa shape index (κ1) is 13.5. The number of nitrogens with one attached hydrogen (secondary N) is 1. The van der Waals surface area contributed by atoms with Gasteiger partial charge in [-0.2, -0.15) is 0 Å². The lowest BCUT2D eigenvalue weighted by molar-refractivity contribution is -0.120. The minimum absolute atomic E-state index is 0.0363. The van der Waals surface area contributed by atoms with Crippen molar-refractivity contribution in [3.8, 4) is 5.75 Å². The number of rotatable bonds is 7. The van der Waals surface area contributed by atoms with E-state index in [1.807, 2.05) is 31.2 Å². The van der Waals surface area contributed by atoms with Crippen molar-refractivity contribution in [2.24, 2.45) is 0 Å². The number of aliphatic hydroxyl groups excluding tert-OH is 1. The lowest BCUT2D eigenvalue weighted by atomic mass is 10.1. The molecule has 17 heavy (non-hydrogen) atoms. The lowest BCUT2D eigenvalue weighted by Gasteiger charge is -2.07. The molecule has 0 saturated heterocycles. The average Bonchev–Trinajstić information content (AvgIpc) is 2.34. The summed E-state index contributed by atoms with van der Waals surface area (Å²) in [4.78, 5) is 11.4. The Morgan fingerprint density at radius 1 is 1.47 bits per heavy atom. The molecule has 4 nitrogen and oxygen atoms in total. The fourth-order valence-corrected chi connectivity index (χ4v) is 1.41. The summed E-state index contributed by atoms with van der Waals surface area (Å²) in [5.41, 5.74) is 0.911. The highest BCUT2D eigenvalue weighted by molar-refractivity contribution is 5.78. The molecule has 0 unspecified atom stereocenters. The Kier molecular flexibility index (Phi) is 6.10. The maximum Gasteiger partial charge on any atom is 0.224 e. The standard InChI is InChI=1S/C13H19NO3/c1-2-8-17-12-5-3-4-11(9-12)10-13(16)14-6-7-15/h3-5,9,15H,2,6-8,10H2,1H3,(H,14,16). The summed E-state index contributed by atoms with van der Waals surface area (Å²) in [5, 5.41) is 11.2. The van der Waals surface area contributed by atoms with Crippen molar-refractivity contribution >= 4 is 5.91 Å². The second kappa shape index (κ2) is 7.68. The number of hydrogen-bond acceptors (Lipinski definition) is 3. The molecule has 0 fully saturated rings. The Morgan fingerprint density at radius 2 is 2.29 bits per heavy atom. The van der Waals surface area contributed by atoms with Crippen molar-refractivity contribution in [3.63, 3.8) is 0 Å². The second-order valence-corrected chi connectivity index (χ2v) is 3.75. The van der Waals surface area contributed by atoms with Crippen LogP contribution in [0.1, 0.15) is 18.9 Å². The number of amides is 1. The summed E-state index contributed by atoms with van der Waals surface area (Å²) < 4.78 is 5.49. The summed E-state index contributed by atoms with van der Waals surface area (Å²) >= 11 is 0. The fourth-order valence-electron chi connectivity index (χ4n) is 1.41. The number of hydrogen-bond donors (Lipinski definition) is 2. The van der Waals surface area contributed by atoms with Crippen LogP contribution in [0, 0.1) is 0 Å². The van der Waals surface area contributed by atoms with Gasteiger partial charge >= 0.3 is 0 Å². The monoisotopic (exact) mass is 237 g/mol. The highest BCUT2D eigenvalue weighted by Gasteiger charge is 2.03. The van der Waals surface area contributed by atoms with Crippen LogP contribution < -0.4 is 10.1 Å². The van der Waals surface area contributed by atoms with E-state index >= 15 is 0 Å². The number of ether oxygens (including phenoxy) is 1. The SMILES string of the molecule is CCCOc1cccc(CC(=O)NCCO)c1. The molecule has 0 bridgehead atoms. The van der Waals surface area contributed by atoms with E-state index in [0.29, 0.717) is 19.6 Å². The molecule has 2 N–H and O–H groups in total. The molecule has 94 valence electrons. The molecule has 0 radical (unpaired) electrons. The van der Waals surface area contributed by atoms with E-state index in [0.717, 1.165) is 17.7 Å². The van der Waals surface area contributed by atoms with E-state index in [1.54, 1.807) is 0 Å². The Hall–Kier alpha value is -1.55. The van der Waals surface area contributed by atoms with Crippen LogP contribution >= 0.6 is 0 Å². The largest absolute Gasteiger partial charge is 0.494 e. The molecule has 0 aliphatic rings. The zero-order valence-corrected chi connectivity index (χ0v) is 10.1. The topological polar surface area (TPSA) is 58.6 Å². The summed E-state index contributed by atoms with van der Waals surface area (Å²) in [6, 6.07) is 7.51. The van der Waals surface area contributed by atoms with Gasteiger partial charge in [0.1, 0.15) is 5.75 Å². The quantitative estimate of drug-likeness (QED) is 0.747. The predicted molar refractivity (Wildman–Crippen MR) is 66.0 cm³/mol. The van der Waals surface area contributed by atoms with Gasteiger partial charge in [-0.05, 0) is 24.1 Å². The van der Waals surface area contributed by atoms with Crippen LogP contribution in [-0.4, -0.2) is 30.8 Å². The van der Waals surface area contributed by atoms with Gasteiger partial charge in [-0.3, -0.25) is 4.79 Å². The molecule has 0 spiro atoms. The fraction of sp³-hybridized carbons (Fsp3) is 0.462. The first-order valence-electron chi connectivity index (χ1n) is 5.85. The van der Waals surface area contributed by atoms with Gasteiger partial charge < -0.3 is 15.2 Å². The summed E-state index contributed by atoms with van der Waals surface area (Å²) in [5.74, 6) is 0.700.